The van der Waals surface area contributed by atoms with E-state index in [0.29, 0.717) is 5.75 Å². The second kappa shape index (κ2) is 9.08. The molecule has 0 spiro atoms. The minimum absolute atomic E-state index is 0.200. The zero-order valence-corrected chi connectivity index (χ0v) is 14.0. The molecule has 0 aliphatic heterocycles. The fourth-order valence-electron chi connectivity index (χ4n) is 2.83. The summed E-state index contributed by atoms with van der Waals surface area (Å²) < 4.78 is 5.10. The van der Waals surface area contributed by atoms with Gasteiger partial charge in [-0.1, -0.05) is 30.3 Å². The van der Waals surface area contributed by atoms with Crippen molar-refractivity contribution < 1.29 is 19.7 Å². The van der Waals surface area contributed by atoms with Crippen LogP contribution in [0.15, 0.2) is 42.5 Å². The average molecular weight is 328 g/mol. The second-order valence-electron chi connectivity index (χ2n) is 5.79. The fourth-order valence-corrected chi connectivity index (χ4v) is 2.83. The lowest BCUT2D eigenvalue weighted by atomic mass is 9.96. The number of carbonyl (C=O) groups is 1. The molecule has 2 aromatic rings. The molecule has 0 radical (unpaired) electrons. The Labute approximate surface area is 142 Å². The Morgan fingerprint density at radius 1 is 1.00 bits per heavy atom. The van der Waals surface area contributed by atoms with E-state index >= 15 is 0 Å². The molecule has 0 saturated carbocycles. The maximum absolute atomic E-state index is 11.3. The van der Waals surface area contributed by atoms with Crippen LogP contribution in [0.25, 0.3) is 0 Å². The van der Waals surface area contributed by atoms with Gasteiger partial charge in [-0.3, -0.25) is 0 Å². The van der Waals surface area contributed by atoms with E-state index in [9.17, 15) is 9.90 Å². The fraction of sp³-hybridized carbons (Fsp3) is 0.350. The molecule has 4 nitrogen and oxygen atoms in total. The Morgan fingerprint density at radius 3 is 2.33 bits per heavy atom. The van der Waals surface area contributed by atoms with Gasteiger partial charge in [-0.05, 0) is 60.9 Å². The van der Waals surface area contributed by atoms with Crippen LogP contribution in [0.4, 0.5) is 0 Å². The van der Waals surface area contributed by atoms with Crippen LogP contribution < -0.4 is 4.74 Å². The third kappa shape index (κ3) is 4.83. The van der Waals surface area contributed by atoms with Crippen LogP contribution in [0.2, 0.25) is 0 Å². The zero-order valence-electron chi connectivity index (χ0n) is 14.0. The van der Waals surface area contributed by atoms with Crippen LogP contribution in [-0.4, -0.2) is 29.9 Å². The van der Waals surface area contributed by atoms with Gasteiger partial charge in [-0.15, -0.1) is 0 Å². The largest absolute Gasteiger partial charge is 0.496 e. The first-order valence-corrected chi connectivity index (χ1v) is 8.23. The predicted octanol–water partition coefficient (Wildman–Crippen LogP) is 3.49. The quantitative estimate of drug-likeness (QED) is 0.692. The van der Waals surface area contributed by atoms with Gasteiger partial charge in [0.15, 0.2) is 0 Å². The number of aromatic carboxylic acids is 1. The van der Waals surface area contributed by atoms with Gasteiger partial charge in [0.1, 0.15) is 11.3 Å². The average Bonchev–Trinajstić information content (AvgIpc) is 2.60. The molecule has 0 fully saturated rings. The highest BCUT2D eigenvalue weighted by molar-refractivity contribution is 5.91. The van der Waals surface area contributed by atoms with E-state index in [-0.39, 0.29) is 12.2 Å². The molecular formula is C20H24O4. The number of aliphatic hydroxyl groups is 1. The van der Waals surface area contributed by atoms with Crippen LogP contribution in [-0.2, 0) is 19.3 Å². The summed E-state index contributed by atoms with van der Waals surface area (Å²) in [6.07, 6.45) is 4.38. The van der Waals surface area contributed by atoms with Crippen molar-refractivity contribution in [3.05, 3.63) is 64.7 Å². The molecule has 2 rings (SSSR count). The highest BCUT2D eigenvalue weighted by Gasteiger charge is 2.12. The van der Waals surface area contributed by atoms with E-state index in [2.05, 4.69) is 12.1 Å². The number of unbranched alkanes of at least 4 members (excludes halogenated alkanes) is 1. The molecule has 4 heteroatoms. The van der Waals surface area contributed by atoms with E-state index in [1.807, 2.05) is 18.2 Å². The topological polar surface area (TPSA) is 66.8 Å². The smallest absolute Gasteiger partial charge is 0.339 e. The molecule has 0 saturated heterocycles. The SMILES string of the molecule is COc1ccc(CCc2ccccc2CCCCO)cc1C(=O)O. The Balaban J connectivity index is 2.08. The van der Waals surface area contributed by atoms with Gasteiger partial charge in [0.25, 0.3) is 0 Å². The van der Waals surface area contributed by atoms with E-state index in [1.165, 1.54) is 18.2 Å². The lowest BCUT2D eigenvalue weighted by Crippen LogP contribution is -2.03. The van der Waals surface area contributed by atoms with E-state index in [4.69, 9.17) is 9.84 Å². The number of hydrogen-bond donors (Lipinski definition) is 2. The predicted molar refractivity (Wildman–Crippen MR) is 93.8 cm³/mol. The third-order valence-corrected chi connectivity index (χ3v) is 4.15. The number of aliphatic hydroxyl groups excluding tert-OH is 1. The van der Waals surface area contributed by atoms with Crippen molar-refractivity contribution in [3.8, 4) is 5.75 Å². The van der Waals surface area contributed by atoms with Crippen molar-refractivity contribution in [2.45, 2.75) is 32.1 Å². The van der Waals surface area contributed by atoms with E-state index in [1.54, 1.807) is 12.1 Å². The molecule has 0 aromatic heterocycles. The highest BCUT2D eigenvalue weighted by atomic mass is 16.5. The van der Waals surface area contributed by atoms with Crippen molar-refractivity contribution in [2.24, 2.45) is 0 Å². The van der Waals surface area contributed by atoms with Crippen molar-refractivity contribution in [3.63, 3.8) is 0 Å². The summed E-state index contributed by atoms with van der Waals surface area (Å²) in [5.74, 6) is -0.589. The Kier molecular flexibility index (Phi) is 6.82. The van der Waals surface area contributed by atoms with Gasteiger partial charge in [0, 0.05) is 6.61 Å². The van der Waals surface area contributed by atoms with Crippen molar-refractivity contribution >= 4 is 5.97 Å². The Hall–Kier alpha value is -2.33. The lowest BCUT2D eigenvalue weighted by Gasteiger charge is -2.11. The molecule has 0 amide bonds. The molecule has 0 unspecified atom stereocenters. The number of ether oxygens (including phenoxy) is 1. The standard InChI is InChI=1S/C20H24O4/c1-24-19-12-10-15(14-18(19)20(22)23)9-11-17-7-3-2-6-16(17)8-4-5-13-21/h2-3,6-7,10,12,14,21H,4-5,8-9,11,13H2,1H3,(H,22,23). The zero-order chi connectivity index (χ0) is 17.4. The number of rotatable bonds is 9. The van der Waals surface area contributed by atoms with Crippen molar-refractivity contribution in [1.82, 2.24) is 0 Å². The molecule has 128 valence electrons. The number of carboxylic acid groups (broad SMARTS) is 1. The van der Waals surface area contributed by atoms with Crippen LogP contribution in [0, 0.1) is 0 Å². The normalized spacial score (nSPS) is 10.6. The molecule has 2 aromatic carbocycles. The summed E-state index contributed by atoms with van der Waals surface area (Å²) in [5, 5.41) is 18.2. The monoisotopic (exact) mass is 328 g/mol. The number of carboxylic acids is 1. The number of hydrogen-bond acceptors (Lipinski definition) is 3. The van der Waals surface area contributed by atoms with Crippen molar-refractivity contribution in [2.75, 3.05) is 13.7 Å². The van der Waals surface area contributed by atoms with Gasteiger partial charge in [-0.2, -0.15) is 0 Å². The first kappa shape index (κ1) is 18.0. The first-order chi connectivity index (χ1) is 11.7. The van der Waals surface area contributed by atoms with Gasteiger partial charge in [-0.25, -0.2) is 4.79 Å². The maximum atomic E-state index is 11.3. The van der Waals surface area contributed by atoms with Gasteiger partial charge < -0.3 is 14.9 Å². The minimum Gasteiger partial charge on any atom is -0.496 e. The summed E-state index contributed by atoms with van der Waals surface area (Å²) in [6.45, 7) is 0.228. The molecule has 0 aliphatic rings. The van der Waals surface area contributed by atoms with Crippen LogP contribution in [0.3, 0.4) is 0 Å². The first-order valence-electron chi connectivity index (χ1n) is 8.23. The summed E-state index contributed by atoms with van der Waals surface area (Å²) >= 11 is 0. The van der Waals surface area contributed by atoms with E-state index < -0.39 is 5.97 Å². The minimum atomic E-state index is -0.974. The Morgan fingerprint density at radius 2 is 1.71 bits per heavy atom. The molecule has 0 heterocycles. The number of benzene rings is 2. The van der Waals surface area contributed by atoms with Gasteiger partial charge in [0.05, 0.1) is 7.11 Å². The highest BCUT2D eigenvalue weighted by Crippen LogP contribution is 2.21. The molecule has 0 aliphatic carbocycles. The van der Waals surface area contributed by atoms with Crippen molar-refractivity contribution in [1.29, 1.82) is 0 Å². The van der Waals surface area contributed by atoms with Gasteiger partial charge >= 0.3 is 5.97 Å². The summed E-state index contributed by atoms with van der Waals surface area (Å²) in [6, 6.07) is 13.6. The number of methoxy groups -OCH3 is 1. The molecule has 0 bridgehead atoms. The summed E-state index contributed by atoms with van der Waals surface area (Å²) in [4.78, 5) is 11.3. The molecule has 24 heavy (non-hydrogen) atoms. The summed E-state index contributed by atoms with van der Waals surface area (Å²) in [7, 11) is 1.48. The second-order valence-corrected chi connectivity index (χ2v) is 5.79. The van der Waals surface area contributed by atoms with Crippen LogP contribution >= 0.6 is 0 Å². The maximum Gasteiger partial charge on any atom is 0.339 e. The third-order valence-electron chi connectivity index (χ3n) is 4.15. The number of aryl methyl sites for hydroxylation is 3. The van der Waals surface area contributed by atoms with Gasteiger partial charge in [0.2, 0.25) is 0 Å². The van der Waals surface area contributed by atoms with Crippen LogP contribution in [0.1, 0.15) is 39.9 Å². The Bertz CT molecular complexity index is 679. The molecule has 0 atom stereocenters. The van der Waals surface area contributed by atoms with Crippen LogP contribution in [0.5, 0.6) is 5.75 Å². The lowest BCUT2D eigenvalue weighted by molar-refractivity contribution is 0.0693. The molecule has 2 N–H and O–H groups in total. The summed E-state index contributed by atoms with van der Waals surface area (Å²) in [5.41, 5.74) is 3.77. The van der Waals surface area contributed by atoms with E-state index in [0.717, 1.165) is 37.7 Å². The molecular weight excluding hydrogens is 304 g/mol.